The summed E-state index contributed by atoms with van der Waals surface area (Å²) >= 11 is 0. The van der Waals surface area contributed by atoms with Crippen molar-refractivity contribution in [2.24, 2.45) is 5.92 Å². The quantitative estimate of drug-likeness (QED) is 0.871. The van der Waals surface area contributed by atoms with Gasteiger partial charge in [0, 0.05) is 6.04 Å². The van der Waals surface area contributed by atoms with E-state index in [0.717, 1.165) is 24.5 Å². The lowest BCUT2D eigenvalue weighted by atomic mass is 9.89. The Hall–Kier alpha value is -1.22. The van der Waals surface area contributed by atoms with Crippen LogP contribution in [-0.2, 0) is 6.42 Å². The average Bonchev–Trinajstić information content (AvgIpc) is 2.36. The number of benzene rings is 1. The molecule has 0 amide bonds. The zero-order valence-corrected chi connectivity index (χ0v) is 11.2. The van der Waals surface area contributed by atoms with Gasteiger partial charge in [0.25, 0.3) is 0 Å². The molecule has 0 saturated heterocycles. The minimum Gasteiger partial charge on any atom is -0.486 e. The molecule has 0 bridgehead atoms. The molecule has 0 aliphatic carbocycles. The van der Waals surface area contributed by atoms with Gasteiger partial charge in [0.1, 0.15) is 13.2 Å². The molecule has 18 heavy (non-hydrogen) atoms. The highest BCUT2D eigenvalue weighted by atomic mass is 16.6. The summed E-state index contributed by atoms with van der Waals surface area (Å²) in [6.07, 6.45) is 2.26. The molecule has 1 aromatic rings. The molecule has 2 heterocycles. The Balaban J connectivity index is 1.95. The lowest BCUT2D eigenvalue weighted by Gasteiger charge is -2.30. The largest absolute Gasteiger partial charge is 0.486 e. The van der Waals surface area contributed by atoms with Gasteiger partial charge in [0.15, 0.2) is 11.5 Å². The number of rotatable bonds is 2. The van der Waals surface area contributed by atoms with Gasteiger partial charge in [0.2, 0.25) is 0 Å². The van der Waals surface area contributed by atoms with Crippen LogP contribution in [0.3, 0.4) is 0 Å². The first-order valence-corrected chi connectivity index (χ1v) is 6.90. The van der Waals surface area contributed by atoms with Gasteiger partial charge in [-0.3, -0.25) is 0 Å². The molecule has 3 nitrogen and oxygen atoms in total. The molecule has 1 unspecified atom stereocenters. The molecule has 1 atom stereocenters. The Labute approximate surface area is 108 Å². The Bertz CT molecular complexity index is 442. The molecule has 0 saturated carbocycles. The topological polar surface area (TPSA) is 30.5 Å². The molecule has 1 N–H and O–H groups in total. The van der Waals surface area contributed by atoms with Crippen LogP contribution in [0, 0.1) is 5.92 Å². The second-order valence-corrected chi connectivity index (χ2v) is 5.58. The third-order valence-corrected chi connectivity index (χ3v) is 3.67. The molecule has 1 aromatic carbocycles. The van der Waals surface area contributed by atoms with E-state index in [9.17, 15) is 0 Å². The zero-order valence-electron chi connectivity index (χ0n) is 11.2. The van der Waals surface area contributed by atoms with E-state index in [1.54, 1.807) is 0 Å². The monoisotopic (exact) mass is 247 g/mol. The standard InChI is InChI=1S/C15H21NO2/c1-10(2)7-13-12-9-15-14(17-5-6-18-15)8-11(12)3-4-16-13/h8-10,13,16H,3-7H2,1-2H3. The number of hydrogen-bond acceptors (Lipinski definition) is 3. The van der Waals surface area contributed by atoms with E-state index in [1.165, 1.54) is 17.5 Å². The first kappa shape index (κ1) is 11.8. The van der Waals surface area contributed by atoms with E-state index in [-0.39, 0.29) is 0 Å². The SMILES string of the molecule is CC(C)CC1NCCc2cc3c(cc21)OCCO3. The summed E-state index contributed by atoms with van der Waals surface area (Å²) in [5.41, 5.74) is 2.82. The Kier molecular flexibility index (Phi) is 3.16. The number of ether oxygens (including phenoxy) is 2. The fourth-order valence-electron chi connectivity index (χ4n) is 2.86. The zero-order chi connectivity index (χ0) is 12.5. The predicted octanol–water partition coefficient (Wildman–Crippen LogP) is 2.69. The van der Waals surface area contributed by atoms with Crippen LogP contribution in [0.4, 0.5) is 0 Å². The van der Waals surface area contributed by atoms with Gasteiger partial charge in [-0.15, -0.1) is 0 Å². The van der Waals surface area contributed by atoms with Gasteiger partial charge in [-0.2, -0.15) is 0 Å². The average molecular weight is 247 g/mol. The summed E-state index contributed by atoms with van der Waals surface area (Å²) in [5, 5.41) is 3.62. The fraction of sp³-hybridized carbons (Fsp3) is 0.600. The smallest absolute Gasteiger partial charge is 0.161 e. The molecule has 2 aliphatic rings. The van der Waals surface area contributed by atoms with Crippen LogP contribution in [0.2, 0.25) is 0 Å². The van der Waals surface area contributed by atoms with Crippen LogP contribution in [0.5, 0.6) is 11.5 Å². The molecule has 98 valence electrons. The fourth-order valence-corrected chi connectivity index (χ4v) is 2.86. The summed E-state index contributed by atoms with van der Waals surface area (Å²) < 4.78 is 11.4. The molecule has 2 aliphatic heterocycles. The van der Waals surface area contributed by atoms with Crippen molar-refractivity contribution in [2.75, 3.05) is 19.8 Å². The van der Waals surface area contributed by atoms with Crippen LogP contribution >= 0.6 is 0 Å². The maximum atomic E-state index is 5.69. The van der Waals surface area contributed by atoms with Crippen molar-refractivity contribution < 1.29 is 9.47 Å². The van der Waals surface area contributed by atoms with E-state index in [2.05, 4.69) is 31.3 Å². The normalized spacial score (nSPS) is 21.8. The minimum absolute atomic E-state index is 0.463. The lowest BCUT2D eigenvalue weighted by Crippen LogP contribution is -2.31. The summed E-state index contributed by atoms with van der Waals surface area (Å²) in [7, 11) is 0. The molecule has 3 rings (SSSR count). The van der Waals surface area contributed by atoms with Crippen molar-refractivity contribution >= 4 is 0 Å². The summed E-state index contributed by atoms with van der Waals surface area (Å²) in [6.45, 7) is 6.93. The van der Waals surface area contributed by atoms with Gasteiger partial charge >= 0.3 is 0 Å². The van der Waals surface area contributed by atoms with Crippen LogP contribution in [-0.4, -0.2) is 19.8 Å². The highest BCUT2D eigenvalue weighted by Gasteiger charge is 2.24. The molecule has 0 spiro atoms. The molecular formula is C15H21NO2. The predicted molar refractivity (Wildman–Crippen MR) is 71.3 cm³/mol. The van der Waals surface area contributed by atoms with Crippen molar-refractivity contribution in [3.05, 3.63) is 23.3 Å². The molecule has 0 radical (unpaired) electrons. The third-order valence-electron chi connectivity index (χ3n) is 3.67. The van der Waals surface area contributed by atoms with Gasteiger partial charge in [0.05, 0.1) is 0 Å². The van der Waals surface area contributed by atoms with Crippen LogP contribution < -0.4 is 14.8 Å². The summed E-state index contributed by atoms with van der Waals surface area (Å²) in [6, 6.07) is 4.82. The van der Waals surface area contributed by atoms with E-state index in [0.29, 0.717) is 25.2 Å². The molecule has 0 aromatic heterocycles. The van der Waals surface area contributed by atoms with Crippen molar-refractivity contribution in [3.8, 4) is 11.5 Å². The van der Waals surface area contributed by atoms with Crippen molar-refractivity contribution in [2.45, 2.75) is 32.7 Å². The highest BCUT2D eigenvalue weighted by molar-refractivity contribution is 5.50. The maximum absolute atomic E-state index is 5.69. The van der Waals surface area contributed by atoms with Gasteiger partial charge in [-0.25, -0.2) is 0 Å². The van der Waals surface area contributed by atoms with Gasteiger partial charge in [-0.1, -0.05) is 13.8 Å². The van der Waals surface area contributed by atoms with E-state index < -0.39 is 0 Å². The van der Waals surface area contributed by atoms with Crippen LogP contribution in [0.15, 0.2) is 12.1 Å². The van der Waals surface area contributed by atoms with Crippen molar-refractivity contribution in [1.82, 2.24) is 5.32 Å². The minimum atomic E-state index is 0.463. The Morgan fingerprint density at radius 2 is 1.94 bits per heavy atom. The molecule has 0 fully saturated rings. The maximum Gasteiger partial charge on any atom is 0.161 e. The summed E-state index contributed by atoms with van der Waals surface area (Å²) in [4.78, 5) is 0. The number of nitrogens with one attached hydrogen (secondary N) is 1. The first-order valence-electron chi connectivity index (χ1n) is 6.90. The summed E-state index contributed by atoms with van der Waals surface area (Å²) in [5.74, 6) is 2.53. The van der Waals surface area contributed by atoms with E-state index in [1.807, 2.05) is 0 Å². The van der Waals surface area contributed by atoms with Gasteiger partial charge < -0.3 is 14.8 Å². The number of hydrogen-bond donors (Lipinski definition) is 1. The Morgan fingerprint density at radius 3 is 2.67 bits per heavy atom. The Morgan fingerprint density at radius 1 is 1.22 bits per heavy atom. The van der Waals surface area contributed by atoms with Crippen LogP contribution in [0.1, 0.15) is 37.4 Å². The second kappa shape index (κ2) is 4.81. The number of fused-ring (bicyclic) bond motifs is 2. The van der Waals surface area contributed by atoms with E-state index in [4.69, 9.17) is 9.47 Å². The van der Waals surface area contributed by atoms with Crippen molar-refractivity contribution in [1.29, 1.82) is 0 Å². The molecular weight excluding hydrogens is 226 g/mol. The lowest BCUT2D eigenvalue weighted by molar-refractivity contribution is 0.170. The highest BCUT2D eigenvalue weighted by Crippen LogP contribution is 2.38. The van der Waals surface area contributed by atoms with Crippen molar-refractivity contribution in [3.63, 3.8) is 0 Å². The van der Waals surface area contributed by atoms with Gasteiger partial charge in [-0.05, 0) is 48.6 Å². The third kappa shape index (κ3) is 2.19. The molecule has 3 heteroatoms. The second-order valence-electron chi connectivity index (χ2n) is 5.58. The van der Waals surface area contributed by atoms with E-state index >= 15 is 0 Å². The first-order chi connectivity index (χ1) is 8.74. The van der Waals surface area contributed by atoms with Crippen LogP contribution in [0.25, 0.3) is 0 Å².